The number of nitrogens with zero attached hydrogens (tertiary/aromatic N) is 1. The SMILES string of the molecule is CCCN(CCC)C(=O)c1cc(C)cc(C(=O)NC(Cc2cc(F)cc(F)c2)C(O)CNC(C)C(=O)NCc2ccccc2)c1. The molecule has 3 amide bonds. The summed E-state index contributed by atoms with van der Waals surface area (Å²) in [5.74, 6) is -2.57. The molecule has 3 aromatic rings. The number of aliphatic hydroxyl groups is 1. The Hall–Kier alpha value is -4.15. The number of hydrogen-bond acceptors (Lipinski definition) is 5. The van der Waals surface area contributed by atoms with Crippen LogP contribution in [0.5, 0.6) is 0 Å². The van der Waals surface area contributed by atoms with E-state index in [0.717, 1.165) is 36.6 Å². The summed E-state index contributed by atoms with van der Waals surface area (Å²) in [6.07, 6.45) is 0.273. The second-order valence-corrected chi connectivity index (χ2v) is 11.3. The van der Waals surface area contributed by atoms with Gasteiger partial charge >= 0.3 is 0 Å². The zero-order valence-corrected chi connectivity index (χ0v) is 26.4. The number of aliphatic hydroxyl groups excluding tert-OH is 1. The van der Waals surface area contributed by atoms with E-state index in [0.29, 0.717) is 30.8 Å². The Bertz CT molecular complexity index is 1410. The lowest BCUT2D eigenvalue weighted by molar-refractivity contribution is -0.123. The molecule has 4 N–H and O–H groups in total. The van der Waals surface area contributed by atoms with Crippen LogP contribution in [0, 0.1) is 18.6 Å². The number of carbonyl (C=O) groups is 3. The summed E-state index contributed by atoms with van der Waals surface area (Å²) in [5, 5.41) is 19.8. The molecular weight excluding hydrogens is 578 g/mol. The maximum Gasteiger partial charge on any atom is 0.253 e. The first-order valence-electron chi connectivity index (χ1n) is 15.4. The van der Waals surface area contributed by atoms with Crippen molar-refractivity contribution in [3.8, 4) is 0 Å². The molecule has 0 aliphatic rings. The fourth-order valence-corrected chi connectivity index (χ4v) is 5.06. The van der Waals surface area contributed by atoms with Gasteiger partial charge in [-0.05, 0) is 80.1 Å². The number of halogens is 2. The van der Waals surface area contributed by atoms with Gasteiger partial charge in [-0.1, -0.05) is 44.2 Å². The number of amides is 3. The lowest BCUT2D eigenvalue weighted by Gasteiger charge is -2.26. The van der Waals surface area contributed by atoms with Crippen molar-refractivity contribution in [1.82, 2.24) is 20.9 Å². The van der Waals surface area contributed by atoms with Crippen LogP contribution in [0.15, 0.2) is 66.7 Å². The van der Waals surface area contributed by atoms with Crippen LogP contribution in [0.4, 0.5) is 8.78 Å². The minimum atomic E-state index is -1.24. The van der Waals surface area contributed by atoms with Gasteiger partial charge in [0.1, 0.15) is 11.6 Å². The lowest BCUT2D eigenvalue weighted by Crippen LogP contribution is -2.52. The highest BCUT2D eigenvalue weighted by atomic mass is 19.1. The Labute approximate surface area is 264 Å². The Kier molecular flexibility index (Phi) is 13.6. The molecule has 45 heavy (non-hydrogen) atoms. The van der Waals surface area contributed by atoms with Gasteiger partial charge in [0, 0.05) is 43.4 Å². The molecule has 242 valence electrons. The van der Waals surface area contributed by atoms with Gasteiger partial charge in [-0.3, -0.25) is 14.4 Å². The topological polar surface area (TPSA) is 111 Å². The van der Waals surface area contributed by atoms with Crippen molar-refractivity contribution in [1.29, 1.82) is 0 Å². The summed E-state index contributed by atoms with van der Waals surface area (Å²) in [4.78, 5) is 41.2. The molecule has 3 aromatic carbocycles. The average molecular weight is 623 g/mol. The minimum absolute atomic E-state index is 0.0871. The number of benzene rings is 3. The Morgan fingerprint density at radius 3 is 2.11 bits per heavy atom. The molecule has 0 radical (unpaired) electrons. The molecule has 0 aliphatic heterocycles. The van der Waals surface area contributed by atoms with Crippen LogP contribution in [0.25, 0.3) is 0 Å². The summed E-state index contributed by atoms with van der Waals surface area (Å²) in [6, 6.07) is 15.7. The van der Waals surface area contributed by atoms with E-state index in [2.05, 4.69) is 16.0 Å². The first-order valence-corrected chi connectivity index (χ1v) is 15.4. The highest BCUT2D eigenvalue weighted by Crippen LogP contribution is 2.16. The zero-order valence-electron chi connectivity index (χ0n) is 26.4. The molecule has 10 heteroatoms. The van der Waals surface area contributed by atoms with E-state index < -0.39 is 35.7 Å². The minimum Gasteiger partial charge on any atom is -0.390 e. The number of hydrogen-bond donors (Lipinski definition) is 4. The number of aryl methyl sites for hydroxylation is 1. The third kappa shape index (κ3) is 11.1. The van der Waals surface area contributed by atoms with Gasteiger partial charge in [0.2, 0.25) is 5.91 Å². The van der Waals surface area contributed by atoms with Crippen LogP contribution in [-0.2, 0) is 17.8 Å². The fraction of sp³-hybridized carbons (Fsp3) is 0.400. The van der Waals surface area contributed by atoms with Crippen molar-refractivity contribution in [2.24, 2.45) is 0 Å². The number of nitrogens with one attached hydrogen (secondary N) is 3. The summed E-state index contributed by atoms with van der Waals surface area (Å²) in [7, 11) is 0. The molecule has 0 bridgehead atoms. The molecule has 0 saturated carbocycles. The zero-order chi connectivity index (χ0) is 32.9. The molecule has 0 aromatic heterocycles. The van der Waals surface area contributed by atoms with Crippen molar-refractivity contribution in [3.05, 3.63) is 106 Å². The van der Waals surface area contributed by atoms with Gasteiger partial charge in [0.15, 0.2) is 0 Å². The second-order valence-electron chi connectivity index (χ2n) is 11.3. The molecule has 0 spiro atoms. The van der Waals surface area contributed by atoms with Crippen LogP contribution in [-0.4, -0.2) is 65.5 Å². The molecule has 0 heterocycles. The van der Waals surface area contributed by atoms with Crippen LogP contribution in [0.3, 0.4) is 0 Å². The monoisotopic (exact) mass is 622 g/mol. The summed E-state index contributed by atoms with van der Waals surface area (Å²) >= 11 is 0. The lowest BCUT2D eigenvalue weighted by atomic mass is 9.99. The van der Waals surface area contributed by atoms with E-state index in [4.69, 9.17) is 0 Å². The smallest absolute Gasteiger partial charge is 0.253 e. The van der Waals surface area contributed by atoms with Crippen molar-refractivity contribution < 1.29 is 28.3 Å². The van der Waals surface area contributed by atoms with Crippen LogP contribution < -0.4 is 16.0 Å². The number of rotatable bonds is 16. The summed E-state index contributed by atoms with van der Waals surface area (Å²) in [6.45, 7) is 8.85. The van der Waals surface area contributed by atoms with Gasteiger partial charge < -0.3 is 26.0 Å². The predicted molar refractivity (Wildman–Crippen MR) is 171 cm³/mol. The molecule has 3 atom stereocenters. The summed E-state index contributed by atoms with van der Waals surface area (Å²) in [5.41, 5.74) is 2.48. The molecule has 0 saturated heterocycles. The molecule has 8 nitrogen and oxygen atoms in total. The summed E-state index contributed by atoms with van der Waals surface area (Å²) < 4.78 is 28.0. The van der Waals surface area contributed by atoms with E-state index in [-0.39, 0.29) is 35.9 Å². The van der Waals surface area contributed by atoms with Crippen molar-refractivity contribution in [2.45, 2.75) is 71.7 Å². The first kappa shape index (κ1) is 35.3. The van der Waals surface area contributed by atoms with Crippen LogP contribution >= 0.6 is 0 Å². The Balaban J connectivity index is 1.76. The van der Waals surface area contributed by atoms with Crippen LogP contribution in [0.2, 0.25) is 0 Å². The fourth-order valence-electron chi connectivity index (χ4n) is 5.06. The first-order chi connectivity index (χ1) is 21.5. The highest BCUT2D eigenvalue weighted by molar-refractivity contribution is 6.00. The molecular formula is C35H44F2N4O4. The maximum absolute atomic E-state index is 14.0. The molecule has 0 fully saturated rings. The van der Waals surface area contributed by atoms with E-state index >= 15 is 0 Å². The average Bonchev–Trinajstić information content (AvgIpc) is 3.01. The van der Waals surface area contributed by atoms with Crippen LogP contribution in [0.1, 0.15) is 71.0 Å². The maximum atomic E-state index is 14.0. The standard InChI is InChI=1S/C35H44F2N4O4/c1-5-12-41(13-6-2)35(45)28-15-23(3)14-27(19-28)34(44)40-31(18-26-16-29(36)20-30(37)17-26)32(42)22-38-24(4)33(43)39-21-25-10-8-7-9-11-25/h7-11,14-17,19-20,24,31-32,38,42H,5-6,12-13,18,21-22H2,1-4H3,(H,39,43)(H,40,44). The van der Waals surface area contributed by atoms with Crippen molar-refractivity contribution in [3.63, 3.8) is 0 Å². The molecule has 3 rings (SSSR count). The van der Waals surface area contributed by atoms with Gasteiger partial charge in [-0.15, -0.1) is 0 Å². The third-order valence-corrected chi connectivity index (χ3v) is 7.36. The predicted octanol–water partition coefficient (Wildman–Crippen LogP) is 4.53. The van der Waals surface area contributed by atoms with E-state index in [1.807, 2.05) is 44.2 Å². The Morgan fingerprint density at radius 1 is 0.867 bits per heavy atom. The molecule has 0 aliphatic carbocycles. The van der Waals surface area contributed by atoms with Gasteiger partial charge in [0.05, 0.1) is 18.2 Å². The van der Waals surface area contributed by atoms with Crippen molar-refractivity contribution >= 4 is 17.7 Å². The largest absolute Gasteiger partial charge is 0.390 e. The van der Waals surface area contributed by atoms with E-state index in [1.54, 1.807) is 30.9 Å². The highest BCUT2D eigenvalue weighted by Gasteiger charge is 2.25. The number of carbonyl (C=O) groups excluding carboxylic acids is 3. The quantitative estimate of drug-likeness (QED) is 0.188. The van der Waals surface area contributed by atoms with Crippen molar-refractivity contribution in [2.75, 3.05) is 19.6 Å². The van der Waals surface area contributed by atoms with Gasteiger partial charge in [-0.25, -0.2) is 8.78 Å². The third-order valence-electron chi connectivity index (χ3n) is 7.36. The Morgan fingerprint density at radius 2 is 1.49 bits per heavy atom. The van der Waals surface area contributed by atoms with E-state index in [1.165, 1.54) is 6.07 Å². The molecule has 3 unspecified atom stereocenters. The second kappa shape index (κ2) is 17.4. The normalized spacial score (nSPS) is 13.0. The van der Waals surface area contributed by atoms with Gasteiger partial charge in [-0.2, -0.15) is 0 Å². The van der Waals surface area contributed by atoms with Gasteiger partial charge in [0.25, 0.3) is 11.8 Å². The van der Waals surface area contributed by atoms with E-state index in [9.17, 15) is 28.3 Å².